The molecule has 6 heteroatoms. The number of ether oxygens (including phenoxy) is 1. The Labute approximate surface area is 115 Å². The zero-order chi connectivity index (χ0) is 13.3. The highest BCUT2D eigenvalue weighted by Crippen LogP contribution is 2.40. The van der Waals surface area contributed by atoms with Crippen molar-refractivity contribution in [3.05, 3.63) is 27.7 Å². The highest BCUT2D eigenvalue weighted by Gasteiger charge is 2.32. The van der Waals surface area contributed by atoms with Crippen LogP contribution in [0, 0.1) is 0 Å². The van der Waals surface area contributed by atoms with Gasteiger partial charge in [-0.1, -0.05) is 23.2 Å². The van der Waals surface area contributed by atoms with Gasteiger partial charge < -0.3 is 9.84 Å². The maximum Gasteiger partial charge on any atom is 0.320 e. The molecular weight excluding hydrogens is 277 g/mol. The van der Waals surface area contributed by atoms with Gasteiger partial charge in [-0.3, -0.25) is 10.1 Å². The summed E-state index contributed by atoms with van der Waals surface area (Å²) in [6.07, 6.45) is 1.25. The van der Waals surface area contributed by atoms with Crippen LogP contribution in [-0.4, -0.2) is 24.2 Å². The SMILES string of the molecule is COc1ccc(Cl)c(Cl)c1[C@H]1CC[C@@H](C(=O)O)N1. The Bertz CT molecular complexity index is 479. The molecule has 2 N–H and O–H groups in total. The van der Waals surface area contributed by atoms with Crippen LogP contribution in [0.3, 0.4) is 0 Å². The lowest BCUT2D eigenvalue weighted by Crippen LogP contribution is -2.32. The van der Waals surface area contributed by atoms with E-state index in [2.05, 4.69) is 5.32 Å². The minimum Gasteiger partial charge on any atom is -0.496 e. The lowest BCUT2D eigenvalue weighted by Gasteiger charge is -2.18. The number of hydrogen-bond donors (Lipinski definition) is 2. The first-order valence-electron chi connectivity index (χ1n) is 5.55. The van der Waals surface area contributed by atoms with E-state index in [0.29, 0.717) is 28.6 Å². The highest BCUT2D eigenvalue weighted by atomic mass is 35.5. The van der Waals surface area contributed by atoms with E-state index in [1.807, 2.05) is 0 Å². The van der Waals surface area contributed by atoms with Crippen molar-refractivity contribution in [2.24, 2.45) is 0 Å². The number of halogens is 2. The van der Waals surface area contributed by atoms with Gasteiger partial charge >= 0.3 is 5.97 Å². The van der Waals surface area contributed by atoms with Crippen LogP contribution in [0.15, 0.2) is 12.1 Å². The third kappa shape index (κ3) is 2.41. The van der Waals surface area contributed by atoms with Crippen LogP contribution in [0.5, 0.6) is 5.75 Å². The molecule has 1 aliphatic heterocycles. The third-order valence-electron chi connectivity index (χ3n) is 3.11. The van der Waals surface area contributed by atoms with E-state index in [4.69, 9.17) is 33.0 Å². The van der Waals surface area contributed by atoms with Crippen LogP contribution in [0.4, 0.5) is 0 Å². The molecule has 0 aromatic heterocycles. The molecule has 0 amide bonds. The number of rotatable bonds is 3. The highest BCUT2D eigenvalue weighted by molar-refractivity contribution is 6.42. The fraction of sp³-hybridized carbons (Fsp3) is 0.417. The zero-order valence-corrected chi connectivity index (χ0v) is 11.3. The third-order valence-corrected chi connectivity index (χ3v) is 3.92. The van der Waals surface area contributed by atoms with Crippen molar-refractivity contribution in [1.29, 1.82) is 0 Å². The molecule has 0 radical (unpaired) electrons. The minimum atomic E-state index is -0.852. The molecule has 2 atom stereocenters. The molecule has 1 aromatic rings. The molecule has 1 heterocycles. The summed E-state index contributed by atoms with van der Waals surface area (Å²) in [5.41, 5.74) is 0.732. The predicted molar refractivity (Wildman–Crippen MR) is 69.5 cm³/mol. The summed E-state index contributed by atoms with van der Waals surface area (Å²) in [6, 6.07) is 2.71. The van der Waals surface area contributed by atoms with Gasteiger partial charge in [0.15, 0.2) is 0 Å². The molecule has 1 aromatic carbocycles. The summed E-state index contributed by atoms with van der Waals surface area (Å²) in [7, 11) is 1.55. The van der Waals surface area contributed by atoms with Crippen molar-refractivity contribution in [2.45, 2.75) is 24.9 Å². The Balaban J connectivity index is 2.34. The summed E-state index contributed by atoms with van der Waals surface area (Å²) in [5.74, 6) is -0.234. The average Bonchev–Trinajstić information content (AvgIpc) is 2.81. The largest absolute Gasteiger partial charge is 0.496 e. The number of carbonyl (C=O) groups is 1. The molecule has 1 aliphatic rings. The van der Waals surface area contributed by atoms with Gasteiger partial charge in [0.2, 0.25) is 0 Å². The van der Waals surface area contributed by atoms with E-state index in [-0.39, 0.29) is 6.04 Å². The van der Waals surface area contributed by atoms with Gasteiger partial charge in [0.25, 0.3) is 0 Å². The number of aliphatic carboxylic acids is 1. The lowest BCUT2D eigenvalue weighted by atomic mass is 10.0. The molecule has 0 spiro atoms. The molecular formula is C12H13Cl2NO3. The molecule has 0 unspecified atom stereocenters. The Morgan fingerprint density at radius 1 is 1.44 bits per heavy atom. The quantitative estimate of drug-likeness (QED) is 0.898. The number of carboxylic acids is 1. The number of nitrogens with one attached hydrogen (secondary N) is 1. The van der Waals surface area contributed by atoms with Gasteiger partial charge in [-0.2, -0.15) is 0 Å². The molecule has 2 rings (SSSR count). The van der Waals surface area contributed by atoms with Crippen molar-refractivity contribution >= 4 is 29.2 Å². The van der Waals surface area contributed by atoms with Crippen LogP contribution in [0.2, 0.25) is 10.0 Å². The van der Waals surface area contributed by atoms with E-state index in [9.17, 15) is 4.79 Å². The summed E-state index contributed by atoms with van der Waals surface area (Å²) in [4.78, 5) is 10.9. The fourth-order valence-corrected chi connectivity index (χ4v) is 2.67. The maximum absolute atomic E-state index is 10.9. The molecule has 98 valence electrons. The predicted octanol–water partition coefficient (Wildman–Crippen LogP) is 2.88. The van der Waals surface area contributed by atoms with Crippen LogP contribution in [0.25, 0.3) is 0 Å². The Kier molecular flexibility index (Phi) is 4.00. The van der Waals surface area contributed by atoms with Crippen LogP contribution >= 0.6 is 23.2 Å². The maximum atomic E-state index is 10.9. The van der Waals surface area contributed by atoms with Gasteiger partial charge in [-0.25, -0.2) is 0 Å². The summed E-state index contributed by atoms with van der Waals surface area (Å²) in [5, 5.41) is 12.9. The number of carboxylic acid groups (broad SMARTS) is 1. The monoisotopic (exact) mass is 289 g/mol. The van der Waals surface area contributed by atoms with E-state index in [1.165, 1.54) is 0 Å². The number of methoxy groups -OCH3 is 1. The molecule has 0 bridgehead atoms. The van der Waals surface area contributed by atoms with Crippen LogP contribution < -0.4 is 10.1 Å². The van der Waals surface area contributed by atoms with Gasteiger partial charge in [0.05, 0.1) is 17.2 Å². The fourth-order valence-electron chi connectivity index (χ4n) is 2.22. The molecule has 18 heavy (non-hydrogen) atoms. The van der Waals surface area contributed by atoms with Gasteiger partial charge in [0.1, 0.15) is 11.8 Å². The molecule has 0 saturated carbocycles. The molecule has 1 fully saturated rings. The number of hydrogen-bond acceptors (Lipinski definition) is 3. The summed E-state index contributed by atoms with van der Waals surface area (Å²) >= 11 is 12.2. The van der Waals surface area contributed by atoms with Crippen molar-refractivity contribution in [3.8, 4) is 5.75 Å². The van der Waals surface area contributed by atoms with Gasteiger partial charge in [-0.15, -0.1) is 0 Å². The van der Waals surface area contributed by atoms with Gasteiger partial charge in [0, 0.05) is 11.6 Å². The minimum absolute atomic E-state index is 0.146. The van der Waals surface area contributed by atoms with Crippen molar-refractivity contribution in [1.82, 2.24) is 5.32 Å². The zero-order valence-electron chi connectivity index (χ0n) is 9.74. The molecule has 0 aliphatic carbocycles. The first-order valence-corrected chi connectivity index (χ1v) is 6.31. The van der Waals surface area contributed by atoms with Crippen LogP contribution in [0.1, 0.15) is 24.4 Å². The van der Waals surface area contributed by atoms with E-state index >= 15 is 0 Å². The van der Waals surface area contributed by atoms with Crippen molar-refractivity contribution in [2.75, 3.05) is 7.11 Å². The topological polar surface area (TPSA) is 58.6 Å². The van der Waals surface area contributed by atoms with Crippen molar-refractivity contribution in [3.63, 3.8) is 0 Å². The Morgan fingerprint density at radius 3 is 2.72 bits per heavy atom. The lowest BCUT2D eigenvalue weighted by molar-refractivity contribution is -0.139. The smallest absolute Gasteiger partial charge is 0.320 e. The first-order chi connectivity index (χ1) is 8.54. The van der Waals surface area contributed by atoms with Crippen molar-refractivity contribution < 1.29 is 14.6 Å². The second kappa shape index (κ2) is 5.34. The van der Waals surface area contributed by atoms with Crippen LogP contribution in [-0.2, 0) is 4.79 Å². The Morgan fingerprint density at radius 2 is 2.17 bits per heavy atom. The normalized spacial score (nSPS) is 23.1. The second-order valence-electron chi connectivity index (χ2n) is 4.16. The molecule has 4 nitrogen and oxygen atoms in total. The Hall–Kier alpha value is -0.970. The summed E-state index contributed by atoms with van der Waals surface area (Å²) in [6.45, 7) is 0. The second-order valence-corrected chi connectivity index (χ2v) is 4.95. The average molecular weight is 290 g/mol. The van der Waals surface area contributed by atoms with E-state index in [1.54, 1.807) is 19.2 Å². The first kappa shape index (κ1) is 13.5. The molecule has 1 saturated heterocycles. The number of benzene rings is 1. The summed E-state index contributed by atoms with van der Waals surface area (Å²) < 4.78 is 5.26. The van der Waals surface area contributed by atoms with E-state index in [0.717, 1.165) is 5.56 Å². The van der Waals surface area contributed by atoms with Gasteiger partial charge in [-0.05, 0) is 25.0 Å². The standard InChI is InChI=1S/C12H13Cl2NO3/c1-18-9-5-2-6(13)11(14)10(9)7-3-4-8(15-7)12(16)17/h2,5,7-8,15H,3-4H2,1H3,(H,16,17)/t7-,8+/m1/s1. The van der Waals surface area contributed by atoms with E-state index < -0.39 is 12.0 Å².